The molecule has 15 heavy (non-hydrogen) atoms. The predicted molar refractivity (Wildman–Crippen MR) is 64.8 cm³/mol. The van der Waals surface area contributed by atoms with Crippen molar-refractivity contribution < 1.29 is 4.79 Å². The number of halogens is 1. The van der Waals surface area contributed by atoms with Gasteiger partial charge in [0, 0.05) is 11.8 Å². The molecule has 2 nitrogen and oxygen atoms in total. The second-order valence-corrected chi connectivity index (χ2v) is 5.70. The second-order valence-electron chi connectivity index (χ2n) is 3.13. The Morgan fingerprint density at radius 1 is 1.53 bits per heavy atom. The minimum atomic E-state index is 0.135. The smallest absolute Gasteiger partial charge is 0.135 e. The SMILES string of the molecule is CC(=O)Cc1csc(-c2ccc(Cl)s2)n1. The molecule has 2 aromatic rings. The summed E-state index contributed by atoms with van der Waals surface area (Å²) < 4.78 is 0.758. The number of carbonyl (C=O) groups is 1. The average Bonchev–Trinajstić information content (AvgIpc) is 2.72. The highest BCUT2D eigenvalue weighted by atomic mass is 35.5. The number of thiazole rings is 1. The minimum Gasteiger partial charge on any atom is -0.300 e. The van der Waals surface area contributed by atoms with Crippen LogP contribution in [0.4, 0.5) is 0 Å². The molecule has 0 bridgehead atoms. The summed E-state index contributed by atoms with van der Waals surface area (Å²) >= 11 is 8.89. The standard InChI is InChI=1S/C10H8ClNOS2/c1-6(13)4-7-5-14-10(12-7)8-2-3-9(11)15-8/h2-3,5H,4H2,1H3. The van der Waals surface area contributed by atoms with Crippen LogP contribution in [0.2, 0.25) is 4.34 Å². The van der Waals surface area contributed by atoms with Crippen LogP contribution in [0, 0.1) is 0 Å². The van der Waals surface area contributed by atoms with Crippen molar-refractivity contribution in [1.29, 1.82) is 0 Å². The van der Waals surface area contributed by atoms with Crippen molar-refractivity contribution >= 4 is 40.1 Å². The van der Waals surface area contributed by atoms with E-state index in [1.165, 1.54) is 11.3 Å². The van der Waals surface area contributed by atoms with E-state index in [1.54, 1.807) is 18.3 Å². The third kappa shape index (κ3) is 2.65. The Bertz CT molecular complexity index is 489. The Balaban J connectivity index is 2.23. The summed E-state index contributed by atoms with van der Waals surface area (Å²) in [7, 11) is 0. The van der Waals surface area contributed by atoms with E-state index >= 15 is 0 Å². The number of rotatable bonds is 3. The molecule has 2 heterocycles. The first-order valence-corrected chi connectivity index (χ1v) is 6.42. The molecular formula is C10H8ClNOS2. The summed E-state index contributed by atoms with van der Waals surface area (Å²) in [6.07, 6.45) is 0.412. The van der Waals surface area contributed by atoms with Crippen molar-refractivity contribution in [3.63, 3.8) is 0 Å². The highest BCUT2D eigenvalue weighted by Gasteiger charge is 2.08. The molecule has 0 radical (unpaired) electrons. The number of hydrogen-bond acceptors (Lipinski definition) is 4. The van der Waals surface area contributed by atoms with Gasteiger partial charge in [-0.15, -0.1) is 22.7 Å². The molecule has 0 unspecified atom stereocenters. The van der Waals surface area contributed by atoms with Crippen LogP contribution in [0.5, 0.6) is 0 Å². The molecule has 0 saturated carbocycles. The van der Waals surface area contributed by atoms with E-state index in [2.05, 4.69) is 4.98 Å². The van der Waals surface area contributed by atoms with Gasteiger partial charge in [-0.05, 0) is 19.1 Å². The molecule has 2 aromatic heterocycles. The Labute approximate surface area is 101 Å². The van der Waals surface area contributed by atoms with Crippen LogP contribution < -0.4 is 0 Å². The maximum atomic E-state index is 10.9. The average molecular weight is 258 g/mol. The zero-order chi connectivity index (χ0) is 10.8. The third-order valence-corrected chi connectivity index (χ3v) is 4.06. The first kappa shape index (κ1) is 10.8. The topological polar surface area (TPSA) is 30.0 Å². The predicted octanol–water partition coefficient (Wildman–Crippen LogP) is 3.66. The van der Waals surface area contributed by atoms with Gasteiger partial charge in [-0.3, -0.25) is 4.79 Å². The monoisotopic (exact) mass is 257 g/mol. The van der Waals surface area contributed by atoms with Crippen LogP contribution in [-0.4, -0.2) is 10.8 Å². The third-order valence-electron chi connectivity index (χ3n) is 1.77. The molecule has 0 saturated heterocycles. The van der Waals surface area contributed by atoms with E-state index in [1.807, 2.05) is 17.5 Å². The van der Waals surface area contributed by atoms with Gasteiger partial charge in [0.1, 0.15) is 10.8 Å². The minimum absolute atomic E-state index is 0.135. The lowest BCUT2D eigenvalue weighted by Gasteiger charge is -1.89. The molecule has 0 aromatic carbocycles. The van der Waals surface area contributed by atoms with Gasteiger partial charge in [0.05, 0.1) is 14.9 Å². The number of Topliss-reactive ketones (excluding diaryl/α,β-unsaturated/α-hetero) is 1. The van der Waals surface area contributed by atoms with Crippen LogP contribution in [0.3, 0.4) is 0 Å². The number of thiophene rings is 1. The van der Waals surface area contributed by atoms with Gasteiger partial charge in [0.15, 0.2) is 0 Å². The number of ketones is 1. The molecule has 0 aliphatic rings. The van der Waals surface area contributed by atoms with E-state index in [-0.39, 0.29) is 5.78 Å². The van der Waals surface area contributed by atoms with Crippen LogP contribution in [-0.2, 0) is 11.2 Å². The number of carbonyl (C=O) groups excluding carboxylic acids is 1. The van der Waals surface area contributed by atoms with E-state index in [4.69, 9.17) is 11.6 Å². The first-order chi connectivity index (χ1) is 7.15. The lowest BCUT2D eigenvalue weighted by molar-refractivity contribution is -0.116. The van der Waals surface area contributed by atoms with E-state index < -0.39 is 0 Å². The first-order valence-electron chi connectivity index (χ1n) is 4.34. The Morgan fingerprint density at radius 3 is 2.93 bits per heavy atom. The van der Waals surface area contributed by atoms with Gasteiger partial charge in [-0.25, -0.2) is 4.98 Å². The molecule has 2 rings (SSSR count). The van der Waals surface area contributed by atoms with Gasteiger partial charge >= 0.3 is 0 Å². The summed E-state index contributed by atoms with van der Waals surface area (Å²) in [6.45, 7) is 1.57. The van der Waals surface area contributed by atoms with Gasteiger partial charge in [0.25, 0.3) is 0 Å². The fourth-order valence-corrected chi connectivity index (χ4v) is 3.12. The molecule has 0 atom stereocenters. The molecule has 0 aliphatic carbocycles. The van der Waals surface area contributed by atoms with Crippen LogP contribution >= 0.6 is 34.3 Å². The summed E-state index contributed by atoms with van der Waals surface area (Å²) in [5.41, 5.74) is 0.840. The van der Waals surface area contributed by atoms with Crippen molar-refractivity contribution in [2.75, 3.05) is 0 Å². The quantitative estimate of drug-likeness (QED) is 0.840. The van der Waals surface area contributed by atoms with Crippen LogP contribution in [0.25, 0.3) is 9.88 Å². The molecule has 78 valence electrons. The Kier molecular flexibility index (Phi) is 3.19. The highest BCUT2D eigenvalue weighted by Crippen LogP contribution is 2.32. The van der Waals surface area contributed by atoms with Crippen molar-refractivity contribution in [3.05, 3.63) is 27.5 Å². The molecular weight excluding hydrogens is 250 g/mol. The number of nitrogens with zero attached hydrogens (tertiary/aromatic N) is 1. The molecule has 0 fully saturated rings. The molecule has 0 spiro atoms. The van der Waals surface area contributed by atoms with E-state index in [0.717, 1.165) is 19.9 Å². The molecule has 0 amide bonds. The zero-order valence-electron chi connectivity index (χ0n) is 7.99. The maximum Gasteiger partial charge on any atom is 0.135 e. The fraction of sp³-hybridized carbons (Fsp3) is 0.200. The summed E-state index contributed by atoms with van der Waals surface area (Å²) in [5.74, 6) is 0.135. The van der Waals surface area contributed by atoms with E-state index in [9.17, 15) is 4.79 Å². The second kappa shape index (κ2) is 4.43. The summed E-state index contributed by atoms with van der Waals surface area (Å²) in [4.78, 5) is 16.3. The van der Waals surface area contributed by atoms with Gasteiger partial charge in [-0.1, -0.05) is 11.6 Å². The molecule has 0 aliphatic heterocycles. The highest BCUT2D eigenvalue weighted by molar-refractivity contribution is 7.23. The molecule has 0 N–H and O–H groups in total. The largest absolute Gasteiger partial charge is 0.300 e. The normalized spacial score (nSPS) is 10.5. The molecule has 5 heteroatoms. The lowest BCUT2D eigenvalue weighted by atomic mass is 10.2. The van der Waals surface area contributed by atoms with Crippen molar-refractivity contribution in [2.45, 2.75) is 13.3 Å². The summed E-state index contributed by atoms with van der Waals surface area (Å²) in [5, 5.41) is 2.85. The summed E-state index contributed by atoms with van der Waals surface area (Å²) in [6, 6.07) is 3.80. The van der Waals surface area contributed by atoms with Crippen molar-refractivity contribution in [3.8, 4) is 9.88 Å². The Morgan fingerprint density at radius 2 is 2.33 bits per heavy atom. The van der Waals surface area contributed by atoms with Gasteiger partial charge < -0.3 is 0 Å². The fourth-order valence-electron chi connectivity index (χ4n) is 1.19. The number of hydrogen-bond donors (Lipinski definition) is 0. The van der Waals surface area contributed by atoms with Crippen LogP contribution in [0.1, 0.15) is 12.6 Å². The lowest BCUT2D eigenvalue weighted by Crippen LogP contribution is -1.95. The van der Waals surface area contributed by atoms with Gasteiger partial charge in [-0.2, -0.15) is 0 Å². The maximum absolute atomic E-state index is 10.9. The number of aromatic nitrogens is 1. The zero-order valence-corrected chi connectivity index (χ0v) is 10.4. The van der Waals surface area contributed by atoms with Crippen molar-refractivity contribution in [2.24, 2.45) is 0 Å². The van der Waals surface area contributed by atoms with Gasteiger partial charge in [0.2, 0.25) is 0 Å². The van der Waals surface area contributed by atoms with E-state index in [0.29, 0.717) is 6.42 Å². The van der Waals surface area contributed by atoms with Crippen LogP contribution in [0.15, 0.2) is 17.5 Å². The van der Waals surface area contributed by atoms with Crippen molar-refractivity contribution in [1.82, 2.24) is 4.98 Å². The Hall–Kier alpha value is -0.710.